The van der Waals surface area contributed by atoms with E-state index in [1.807, 2.05) is 0 Å². The van der Waals surface area contributed by atoms with Crippen molar-refractivity contribution >= 4 is 17.3 Å². The van der Waals surface area contributed by atoms with Crippen molar-refractivity contribution in [1.82, 2.24) is 4.90 Å². The molecule has 64 valence electrons. The highest BCUT2D eigenvalue weighted by Gasteiger charge is 2.29. The molecule has 0 aromatic rings. The summed E-state index contributed by atoms with van der Waals surface area (Å²) in [6, 6.07) is 0.662. The zero-order valence-corrected chi connectivity index (χ0v) is 8.03. The summed E-state index contributed by atoms with van der Waals surface area (Å²) in [6.07, 6.45) is 2.54. The Balaban J connectivity index is 2.38. The lowest BCUT2D eigenvalue weighted by atomic mass is 10.2. The van der Waals surface area contributed by atoms with Gasteiger partial charge in [-0.3, -0.25) is 0 Å². The van der Waals surface area contributed by atoms with Gasteiger partial charge in [0.15, 0.2) is 5.11 Å². The second-order valence-electron chi connectivity index (χ2n) is 3.62. The fourth-order valence-electron chi connectivity index (χ4n) is 1.20. The van der Waals surface area contributed by atoms with E-state index in [2.05, 4.69) is 18.7 Å². The average Bonchev–Trinajstić information content (AvgIpc) is 2.63. The molecule has 0 unspecified atom stereocenters. The lowest BCUT2D eigenvalue weighted by Crippen LogP contribution is -2.39. The van der Waals surface area contributed by atoms with E-state index in [4.69, 9.17) is 18.0 Å². The Labute approximate surface area is 73.7 Å². The van der Waals surface area contributed by atoms with Crippen molar-refractivity contribution in [3.8, 4) is 0 Å². The third kappa shape index (κ3) is 2.66. The van der Waals surface area contributed by atoms with E-state index in [1.54, 1.807) is 0 Å². The molecule has 0 saturated heterocycles. The van der Waals surface area contributed by atoms with E-state index < -0.39 is 0 Å². The molecule has 1 aliphatic rings. The van der Waals surface area contributed by atoms with Crippen LogP contribution in [0.3, 0.4) is 0 Å². The molecule has 0 heterocycles. The summed E-state index contributed by atoms with van der Waals surface area (Å²) in [4.78, 5) is 2.15. The van der Waals surface area contributed by atoms with Gasteiger partial charge in [-0.1, -0.05) is 13.8 Å². The minimum absolute atomic E-state index is 0.571. The fourth-order valence-corrected chi connectivity index (χ4v) is 1.42. The molecule has 0 radical (unpaired) electrons. The molecule has 1 fully saturated rings. The number of thiocarbonyl (C=S) groups is 1. The number of rotatable bonds is 3. The van der Waals surface area contributed by atoms with Gasteiger partial charge in [-0.15, -0.1) is 0 Å². The molecule has 0 aromatic carbocycles. The first-order chi connectivity index (χ1) is 5.11. The predicted molar refractivity (Wildman–Crippen MR) is 51.4 cm³/mol. The predicted octanol–water partition coefficient (Wildman–Crippen LogP) is 1.35. The zero-order chi connectivity index (χ0) is 8.43. The van der Waals surface area contributed by atoms with Crippen LogP contribution in [0.2, 0.25) is 0 Å². The molecule has 2 N–H and O–H groups in total. The van der Waals surface area contributed by atoms with Crippen LogP contribution in [0, 0.1) is 5.92 Å². The van der Waals surface area contributed by atoms with Crippen molar-refractivity contribution < 1.29 is 0 Å². The molecule has 1 rings (SSSR count). The van der Waals surface area contributed by atoms with Gasteiger partial charge in [0.2, 0.25) is 0 Å². The molecule has 3 heteroatoms. The van der Waals surface area contributed by atoms with Crippen molar-refractivity contribution in [3.63, 3.8) is 0 Å². The molecule has 1 aliphatic carbocycles. The van der Waals surface area contributed by atoms with Crippen LogP contribution in [0.4, 0.5) is 0 Å². The van der Waals surface area contributed by atoms with Gasteiger partial charge in [0, 0.05) is 12.6 Å². The van der Waals surface area contributed by atoms with Crippen LogP contribution in [0.15, 0.2) is 0 Å². The number of hydrogen-bond donors (Lipinski definition) is 1. The zero-order valence-electron chi connectivity index (χ0n) is 7.21. The summed E-state index contributed by atoms with van der Waals surface area (Å²) in [7, 11) is 0. The summed E-state index contributed by atoms with van der Waals surface area (Å²) < 4.78 is 0. The van der Waals surface area contributed by atoms with E-state index >= 15 is 0 Å². The Bertz CT molecular complexity index is 152. The van der Waals surface area contributed by atoms with Crippen molar-refractivity contribution in [2.24, 2.45) is 11.7 Å². The molecule has 0 spiro atoms. The summed E-state index contributed by atoms with van der Waals surface area (Å²) in [6.45, 7) is 5.39. The molecule has 1 saturated carbocycles. The molecule has 0 bridgehead atoms. The lowest BCUT2D eigenvalue weighted by Gasteiger charge is -2.24. The van der Waals surface area contributed by atoms with E-state index in [0.717, 1.165) is 6.54 Å². The van der Waals surface area contributed by atoms with Gasteiger partial charge < -0.3 is 10.6 Å². The standard InChI is InChI=1S/C8H16N2S/c1-6(2)5-10(8(9)11)7-3-4-7/h6-7H,3-5H2,1-2H3,(H2,9,11). The SMILES string of the molecule is CC(C)CN(C(N)=S)C1CC1. The maximum Gasteiger partial charge on any atom is 0.166 e. The first-order valence-electron chi connectivity index (χ1n) is 4.17. The van der Waals surface area contributed by atoms with E-state index in [-0.39, 0.29) is 0 Å². The number of nitrogens with two attached hydrogens (primary N) is 1. The molecule has 0 aliphatic heterocycles. The minimum atomic E-state index is 0.571. The van der Waals surface area contributed by atoms with Crippen molar-refractivity contribution in [2.75, 3.05) is 6.54 Å². The largest absolute Gasteiger partial charge is 0.376 e. The smallest absolute Gasteiger partial charge is 0.166 e. The molecule has 2 nitrogen and oxygen atoms in total. The second kappa shape index (κ2) is 3.39. The maximum absolute atomic E-state index is 5.58. The van der Waals surface area contributed by atoms with Gasteiger partial charge >= 0.3 is 0 Å². The molecule has 0 amide bonds. The summed E-state index contributed by atoms with van der Waals surface area (Å²) in [5, 5.41) is 0.571. The highest BCUT2D eigenvalue weighted by Crippen LogP contribution is 2.27. The molecule has 0 aromatic heterocycles. The third-order valence-electron chi connectivity index (χ3n) is 1.83. The second-order valence-corrected chi connectivity index (χ2v) is 4.03. The summed E-state index contributed by atoms with van der Waals surface area (Å²) >= 11 is 4.96. The molecular weight excluding hydrogens is 156 g/mol. The van der Waals surface area contributed by atoms with Gasteiger partial charge in [0.25, 0.3) is 0 Å². The molecule has 0 atom stereocenters. The van der Waals surface area contributed by atoms with Crippen LogP contribution in [0.25, 0.3) is 0 Å². The summed E-state index contributed by atoms with van der Waals surface area (Å²) in [5.41, 5.74) is 5.58. The monoisotopic (exact) mass is 172 g/mol. The third-order valence-corrected chi connectivity index (χ3v) is 2.07. The van der Waals surface area contributed by atoms with Gasteiger partial charge in [0.1, 0.15) is 0 Å². The van der Waals surface area contributed by atoms with Crippen molar-refractivity contribution in [1.29, 1.82) is 0 Å². The Morgan fingerprint density at radius 2 is 2.18 bits per heavy atom. The van der Waals surface area contributed by atoms with Crippen LogP contribution in [0.5, 0.6) is 0 Å². The van der Waals surface area contributed by atoms with Gasteiger partial charge in [-0.05, 0) is 31.0 Å². The van der Waals surface area contributed by atoms with Gasteiger partial charge in [0.05, 0.1) is 0 Å². The van der Waals surface area contributed by atoms with Crippen LogP contribution in [0.1, 0.15) is 26.7 Å². The molecular formula is C8H16N2S. The Kier molecular flexibility index (Phi) is 2.71. The van der Waals surface area contributed by atoms with Gasteiger partial charge in [-0.25, -0.2) is 0 Å². The van der Waals surface area contributed by atoms with Crippen LogP contribution in [-0.4, -0.2) is 22.6 Å². The normalized spacial score (nSPS) is 17.0. The van der Waals surface area contributed by atoms with Crippen LogP contribution < -0.4 is 5.73 Å². The lowest BCUT2D eigenvalue weighted by molar-refractivity contribution is 0.359. The van der Waals surface area contributed by atoms with Crippen molar-refractivity contribution in [2.45, 2.75) is 32.7 Å². The van der Waals surface area contributed by atoms with Crippen LogP contribution in [-0.2, 0) is 0 Å². The first kappa shape index (κ1) is 8.78. The minimum Gasteiger partial charge on any atom is -0.376 e. The van der Waals surface area contributed by atoms with E-state index in [0.29, 0.717) is 17.1 Å². The molecule has 11 heavy (non-hydrogen) atoms. The van der Waals surface area contributed by atoms with E-state index in [1.165, 1.54) is 12.8 Å². The summed E-state index contributed by atoms with van der Waals surface area (Å²) in [5.74, 6) is 0.650. The maximum atomic E-state index is 5.58. The first-order valence-corrected chi connectivity index (χ1v) is 4.58. The number of hydrogen-bond acceptors (Lipinski definition) is 1. The Morgan fingerprint density at radius 3 is 2.45 bits per heavy atom. The highest BCUT2D eigenvalue weighted by molar-refractivity contribution is 7.80. The fraction of sp³-hybridized carbons (Fsp3) is 0.875. The Morgan fingerprint density at radius 1 is 1.64 bits per heavy atom. The quantitative estimate of drug-likeness (QED) is 0.652. The van der Waals surface area contributed by atoms with E-state index in [9.17, 15) is 0 Å². The van der Waals surface area contributed by atoms with Gasteiger partial charge in [-0.2, -0.15) is 0 Å². The highest BCUT2D eigenvalue weighted by atomic mass is 32.1. The number of nitrogens with zero attached hydrogens (tertiary/aromatic N) is 1. The van der Waals surface area contributed by atoms with Crippen molar-refractivity contribution in [3.05, 3.63) is 0 Å². The van der Waals surface area contributed by atoms with Crippen LogP contribution >= 0.6 is 12.2 Å². The Hall–Kier alpha value is -0.310. The average molecular weight is 172 g/mol. The topological polar surface area (TPSA) is 29.3 Å².